The number of aliphatic hydroxyl groups is 1. The fourth-order valence-electron chi connectivity index (χ4n) is 2.57. The summed E-state index contributed by atoms with van der Waals surface area (Å²) in [5.74, 6) is -0.980. The van der Waals surface area contributed by atoms with Crippen LogP contribution >= 0.6 is 0 Å². The molecule has 0 spiro atoms. The molecule has 0 aromatic carbocycles. The van der Waals surface area contributed by atoms with Crippen molar-refractivity contribution >= 4 is 11.9 Å². The maximum atomic E-state index is 11.8. The van der Waals surface area contributed by atoms with Crippen LogP contribution in [0.3, 0.4) is 0 Å². The summed E-state index contributed by atoms with van der Waals surface area (Å²) in [5, 5.41) is 20.8. The maximum absolute atomic E-state index is 11.8. The van der Waals surface area contributed by atoms with Crippen molar-refractivity contribution in [3.05, 3.63) is 0 Å². The van der Waals surface area contributed by atoms with Crippen molar-refractivity contribution in [1.82, 2.24) is 5.32 Å². The van der Waals surface area contributed by atoms with Gasteiger partial charge in [-0.15, -0.1) is 0 Å². The zero-order valence-corrected chi connectivity index (χ0v) is 10.9. The summed E-state index contributed by atoms with van der Waals surface area (Å²) in [4.78, 5) is 22.3. The highest BCUT2D eigenvalue weighted by atomic mass is 16.4. The first-order valence-electron chi connectivity index (χ1n) is 6.65. The van der Waals surface area contributed by atoms with Crippen LogP contribution in [0.1, 0.15) is 45.4 Å². The Kier molecular flexibility index (Phi) is 6.12. The highest BCUT2D eigenvalue weighted by Gasteiger charge is 2.26. The Morgan fingerprint density at radius 2 is 1.94 bits per heavy atom. The molecule has 1 aliphatic carbocycles. The van der Waals surface area contributed by atoms with Crippen LogP contribution in [0.25, 0.3) is 0 Å². The van der Waals surface area contributed by atoms with E-state index in [-0.39, 0.29) is 43.2 Å². The number of hydrogen-bond donors (Lipinski definition) is 3. The molecule has 0 aliphatic heterocycles. The van der Waals surface area contributed by atoms with Crippen LogP contribution in [0.2, 0.25) is 0 Å². The summed E-state index contributed by atoms with van der Waals surface area (Å²) in [6.45, 7) is 1.87. The van der Waals surface area contributed by atoms with E-state index in [0.29, 0.717) is 0 Å². The molecule has 104 valence electrons. The number of aliphatic carboxylic acids is 1. The van der Waals surface area contributed by atoms with Gasteiger partial charge in [0.05, 0.1) is 0 Å². The first kappa shape index (κ1) is 15.0. The number of carboxylic acids is 1. The monoisotopic (exact) mass is 257 g/mol. The Morgan fingerprint density at radius 3 is 2.56 bits per heavy atom. The lowest BCUT2D eigenvalue weighted by Crippen LogP contribution is -2.43. The van der Waals surface area contributed by atoms with Gasteiger partial charge in [0.2, 0.25) is 5.91 Å². The summed E-state index contributed by atoms with van der Waals surface area (Å²) >= 11 is 0. The molecule has 0 saturated heterocycles. The molecule has 0 bridgehead atoms. The number of carbonyl (C=O) groups is 2. The summed E-state index contributed by atoms with van der Waals surface area (Å²) in [7, 11) is 0. The number of nitrogens with one attached hydrogen (secondary N) is 1. The highest BCUT2D eigenvalue weighted by molar-refractivity contribution is 5.77. The Balaban J connectivity index is 2.36. The molecule has 5 nitrogen and oxygen atoms in total. The molecule has 1 fully saturated rings. The van der Waals surface area contributed by atoms with Gasteiger partial charge < -0.3 is 15.5 Å². The van der Waals surface area contributed by atoms with Crippen LogP contribution in [-0.2, 0) is 9.59 Å². The van der Waals surface area contributed by atoms with Crippen molar-refractivity contribution in [3.8, 4) is 0 Å². The average Bonchev–Trinajstić information content (AvgIpc) is 2.28. The van der Waals surface area contributed by atoms with Gasteiger partial charge in [-0.1, -0.05) is 19.8 Å². The lowest BCUT2D eigenvalue weighted by molar-refractivity contribution is -0.138. The van der Waals surface area contributed by atoms with Gasteiger partial charge in [-0.05, 0) is 18.8 Å². The minimum Gasteiger partial charge on any atom is -0.481 e. The molecule has 0 aromatic heterocycles. The average molecular weight is 257 g/mol. The summed E-state index contributed by atoms with van der Waals surface area (Å²) in [6, 6.07) is 0.0493. The number of hydrogen-bond acceptors (Lipinski definition) is 3. The third kappa shape index (κ3) is 5.04. The van der Waals surface area contributed by atoms with Crippen molar-refractivity contribution in [3.63, 3.8) is 0 Å². The predicted molar refractivity (Wildman–Crippen MR) is 67.0 cm³/mol. The number of amides is 1. The zero-order chi connectivity index (χ0) is 13.5. The van der Waals surface area contributed by atoms with Crippen LogP contribution in [0.15, 0.2) is 0 Å². The summed E-state index contributed by atoms with van der Waals surface area (Å²) in [5.41, 5.74) is 0. The molecular formula is C13H23NO4. The van der Waals surface area contributed by atoms with E-state index in [1.54, 1.807) is 6.92 Å². The summed E-state index contributed by atoms with van der Waals surface area (Å²) in [6.07, 6.45) is 4.29. The van der Waals surface area contributed by atoms with Crippen molar-refractivity contribution in [1.29, 1.82) is 0 Å². The smallest absolute Gasteiger partial charge is 0.303 e. The topological polar surface area (TPSA) is 86.6 Å². The van der Waals surface area contributed by atoms with Crippen LogP contribution in [0.5, 0.6) is 0 Å². The quantitative estimate of drug-likeness (QED) is 0.666. The lowest BCUT2D eigenvalue weighted by Gasteiger charge is -2.31. The van der Waals surface area contributed by atoms with Gasteiger partial charge >= 0.3 is 5.97 Å². The molecule has 1 rings (SSSR count). The third-order valence-electron chi connectivity index (χ3n) is 3.55. The molecule has 5 heteroatoms. The molecule has 18 heavy (non-hydrogen) atoms. The Morgan fingerprint density at radius 1 is 1.28 bits per heavy atom. The first-order chi connectivity index (χ1) is 8.52. The fraction of sp³-hybridized carbons (Fsp3) is 0.846. The van der Waals surface area contributed by atoms with E-state index in [1.807, 2.05) is 0 Å². The number of carboxylic acid groups (broad SMARTS) is 1. The lowest BCUT2D eigenvalue weighted by atomic mass is 9.85. The third-order valence-corrected chi connectivity index (χ3v) is 3.55. The number of rotatable bonds is 6. The zero-order valence-electron chi connectivity index (χ0n) is 10.9. The van der Waals surface area contributed by atoms with E-state index in [1.165, 1.54) is 0 Å². The summed E-state index contributed by atoms with van der Waals surface area (Å²) < 4.78 is 0. The van der Waals surface area contributed by atoms with Crippen molar-refractivity contribution in [2.45, 2.75) is 51.5 Å². The highest BCUT2D eigenvalue weighted by Crippen LogP contribution is 2.24. The van der Waals surface area contributed by atoms with Crippen molar-refractivity contribution < 1.29 is 19.8 Å². The van der Waals surface area contributed by atoms with Crippen LogP contribution in [-0.4, -0.2) is 34.7 Å². The maximum Gasteiger partial charge on any atom is 0.303 e. The Bertz CT molecular complexity index is 293. The second-order valence-electron chi connectivity index (χ2n) is 5.31. The molecule has 1 aliphatic rings. The van der Waals surface area contributed by atoms with E-state index >= 15 is 0 Å². The Labute approximate surface area is 108 Å². The molecule has 0 aromatic rings. The van der Waals surface area contributed by atoms with E-state index < -0.39 is 5.97 Å². The van der Waals surface area contributed by atoms with Crippen molar-refractivity contribution in [2.75, 3.05) is 6.61 Å². The van der Waals surface area contributed by atoms with Gasteiger partial charge in [-0.25, -0.2) is 0 Å². The van der Waals surface area contributed by atoms with Crippen LogP contribution in [0.4, 0.5) is 0 Å². The van der Waals surface area contributed by atoms with Crippen LogP contribution in [0, 0.1) is 11.8 Å². The van der Waals surface area contributed by atoms with Gasteiger partial charge in [0.1, 0.15) is 0 Å². The second kappa shape index (κ2) is 7.36. The van der Waals surface area contributed by atoms with E-state index in [9.17, 15) is 14.7 Å². The number of aliphatic hydroxyl groups excluding tert-OH is 1. The van der Waals surface area contributed by atoms with Gasteiger partial charge in [0.15, 0.2) is 0 Å². The fourth-order valence-corrected chi connectivity index (χ4v) is 2.57. The van der Waals surface area contributed by atoms with Crippen molar-refractivity contribution in [2.24, 2.45) is 11.8 Å². The molecule has 3 unspecified atom stereocenters. The standard InChI is InChI=1S/C13H23NO4/c1-9(7-13(17)18)6-12(16)14-11-5-3-2-4-10(11)8-15/h9-11,15H,2-8H2,1H3,(H,14,16)(H,17,18). The first-order valence-corrected chi connectivity index (χ1v) is 6.65. The molecule has 1 saturated carbocycles. The normalized spacial score (nSPS) is 25.4. The number of carbonyl (C=O) groups excluding carboxylic acids is 1. The Hall–Kier alpha value is -1.10. The van der Waals surface area contributed by atoms with Gasteiger partial charge in [-0.2, -0.15) is 0 Å². The molecule has 1 amide bonds. The molecule has 3 atom stereocenters. The largest absolute Gasteiger partial charge is 0.481 e. The van der Waals surface area contributed by atoms with E-state index in [0.717, 1.165) is 25.7 Å². The minimum atomic E-state index is -0.874. The SMILES string of the molecule is CC(CC(=O)O)CC(=O)NC1CCCCC1CO. The van der Waals surface area contributed by atoms with E-state index in [2.05, 4.69) is 5.32 Å². The molecule has 0 radical (unpaired) electrons. The van der Waals surface area contributed by atoms with Gasteiger partial charge in [0, 0.05) is 31.4 Å². The predicted octanol–water partition coefficient (Wildman–Crippen LogP) is 1.15. The second-order valence-corrected chi connectivity index (χ2v) is 5.31. The molecule has 3 N–H and O–H groups in total. The minimum absolute atomic E-state index is 0.0154. The van der Waals surface area contributed by atoms with Gasteiger partial charge in [0.25, 0.3) is 0 Å². The van der Waals surface area contributed by atoms with E-state index in [4.69, 9.17) is 5.11 Å². The van der Waals surface area contributed by atoms with Crippen LogP contribution < -0.4 is 5.32 Å². The molecule has 0 heterocycles. The molecular weight excluding hydrogens is 234 g/mol. The van der Waals surface area contributed by atoms with Gasteiger partial charge in [-0.3, -0.25) is 9.59 Å².